The minimum absolute atomic E-state index is 0.520. The molecular formula is C8H10ClN3S. The van der Waals surface area contributed by atoms with E-state index in [0.717, 1.165) is 5.75 Å². The molecule has 1 unspecified atom stereocenters. The van der Waals surface area contributed by atoms with Crippen LogP contribution in [0.15, 0.2) is 12.4 Å². The Bertz CT molecular complexity index is 271. The van der Waals surface area contributed by atoms with E-state index in [0.29, 0.717) is 17.0 Å². The minimum atomic E-state index is 0.520. The quantitative estimate of drug-likeness (QED) is 0.820. The second-order valence-corrected chi connectivity index (χ2v) is 4.52. The molecule has 1 aromatic heterocycles. The Hall–Kier alpha value is -0.480. The van der Waals surface area contributed by atoms with Crippen LogP contribution in [0, 0.1) is 0 Å². The fraction of sp³-hybridized carbons (Fsp3) is 0.500. The van der Waals surface area contributed by atoms with Gasteiger partial charge in [0.2, 0.25) is 5.95 Å². The third-order valence-corrected chi connectivity index (χ3v) is 3.24. The van der Waals surface area contributed by atoms with Crippen molar-refractivity contribution in [2.75, 3.05) is 16.8 Å². The molecule has 1 saturated heterocycles. The van der Waals surface area contributed by atoms with Gasteiger partial charge in [-0.15, -0.1) is 0 Å². The summed E-state index contributed by atoms with van der Waals surface area (Å²) in [4.78, 5) is 8.16. The third-order valence-electron chi connectivity index (χ3n) is 1.88. The number of anilines is 1. The largest absolute Gasteiger partial charge is 0.351 e. The first-order valence-corrected chi connectivity index (χ1v) is 5.70. The zero-order valence-corrected chi connectivity index (χ0v) is 8.61. The molecule has 1 fully saturated rings. The van der Waals surface area contributed by atoms with Gasteiger partial charge in [0.25, 0.3) is 0 Å². The Morgan fingerprint density at radius 1 is 1.46 bits per heavy atom. The average Bonchev–Trinajstić information content (AvgIpc) is 2.62. The van der Waals surface area contributed by atoms with E-state index in [1.54, 1.807) is 12.4 Å². The number of thioether (sulfide) groups is 1. The zero-order chi connectivity index (χ0) is 9.10. The highest BCUT2D eigenvalue weighted by Gasteiger charge is 2.15. The van der Waals surface area contributed by atoms with Crippen molar-refractivity contribution in [2.24, 2.45) is 0 Å². The van der Waals surface area contributed by atoms with E-state index in [2.05, 4.69) is 15.3 Å². The van der Waals surface area contributed by atoms with Crippen molar-refractivity contribution in [1.29, 1.82) is 0 Å². The van der Waals surface area contributed by atoms with Gasteiger partial charge in [-0.25, -0.2) is 9.97 Å². The van der Waals surface area contributed by atoms with Crippen LogP contribution in [-0.4, -0.2) is 27.5 Å². The van der Waals surface area contributed by atoms with Crippen molar-refractivity contribution in [3.05, 3.63) is 17.4 Å². The van der Waals surface area contributed by atoms with Crippen molar-refractivity contribution < 1.29 is 0 Å². The molecule has 5 heteroatoms. The highest BCUT2D eigenvalue weighted by Crippen LogP contribution is 2.19. The molecule has 2 heterocycles. The van der Waals surface area contributed by atoms with E-state index in [-0.39, 0.29) is 0 Å². The van der Waals surface area contributed by atoms with Crippen LogP contribution in [0.3, 0.4) is 0 Å². The van der Waals surface area contributed by atoms with Crippen LogP contribution in [0.2, 0.25) is 5.02 Å². The van der Waals surface area contributed by atoms with Crippen molar-refractivity contribution in [3.63, 3.8) is 0 Å². The molecule has 0 aliphatic carbocycles. The summed E-state index contributed by atoms with van der Waals surface area (Å²) in [6.07, 6.45) is 4.41. The van der Waals surface area contributed by atoms with Gasteiger partial charge in [0.05, 0.1) is 17.4 Å². The van der Waals surface area contributed by atoms with Gasteiger partial charge in [-0.1, -0.05) is 11.6 Å². The van der Waals surface area contributed by atoms with Crippen molar-refractivity contribution in [2.45, 2.75) is 12.5 Å². The second-order valence-electron chi connectivity index (χ2n) is 2.93. The maximum absolute atomic E-state index is 5.67. The van der Waals surface area contributed by atoms with Gasteiger partial charge in [0.15, 0.2) is 0 Å². The summed E-state index contributed by atoms with van der Waals surface area (Å²) in [5.74, 6) is 3.05. The molecule has 0 aromatic carbocycles. The first-order valence-electron chi connectivity index (χ1n) is 4.16. The molecule has 70 valence electrons. The lowest BCUT2D eigenvalue weighted by molar-refractivity contribution is 0.798. The molecule has 1 N–H and O–H groups in total. The zero-order valence-electron chi connectivity index (χ0n) is 7.03. The molecule has 1 aliphatic heterocycles. The van der Waals surface area contributed by atoms with E-state index in [9.17, 15) is 0 Å². The molecule has 13 heavy (non-hydrogen) atoms. The second kappa shape index (κ2) is 4.15. The molecule has 0 bridgehead atoms. The molecule has 0 radical (unpaired) electrons. The molecule has 1 aliphatic rings. The van der Waals surface area contributed by atoms with Crippen molar-refractivity contribution in [1.82, 2.24) is 9.97 Å². The summed E-state index contributed by atoms with van der Waals surface area (Å²) < 4.78 is 0. The van der Waals surface area contributed by atoms with Crippen LogP contribution in [0.25, 0.3) is 0 Å². The first kappa shape index (κ1) is 9.09. The smallest absolute Gasteiger partial charge is 0.222 e. The number of halogens is 1. The SMILES string of the molecule is Clc1cnc(NC2CCSC2)nc1. The van der Waals surface area contributed by atoms with Crippen LogP contribution in [0.5, 0.6) is 0 Å². The van der Waals surface area contributed by atoms with Gasteiger partial charge >= 0.3 is 0 Å². The first-order chi connectivity index (χ1) is 6.34. The average molecular weight is 216 g/mol. The van der Waals surface area contributed by atoms with Crippen LogP contribution in [0.4, 0.5) is 5.95 Å². The molecule has 1 atom stereocenters. The molecule has 2 rings (SSSR count). The van der Waals surface area contributed by atoms with Crippen LogP contribution < -0.4 is 5.32 Å². The fourth-order valence-electron chi connectivity index (χ4n) is 1.22. The Morgan fingerprint density at radius 3 is 2.85 bits per heavy atom. The van der Waals surface area contributed by atoms with Gasteiger partial charge in [0, 0.05) is 11.8 Å². The summed E-state index contributed by atoms with van der Waals surface area (Å²) >= 11 is 7.63. The van der Waals surface area contributed by atoms with Crippen LogP contribution in [0.1, 0.15) is 6.42 Å². The number of nitrogens with zero attached hydrogens (tertiary/aromatic N) is 2. The van der Waals surface area contributed by atoms with Crippen LogP contribution in [-0.2, 0) is 0 Å². The molecule has 1 aromatic rings. The van der Waals surface area contributed by atoms with Crippen molar-refractivity contribution in [3.8, 4) is 0 Å². The van der Waals surface area contributed by atoms with Gasteiger partial charge in [-0.2, -0.15) is 11.8 Å². The number of nitrogens with one attached hydrogen (secondary N) is 1. The summed E-state index contributed by atoms with van der Waals surface area (Å²) in [6, 6.07) is 0.520. The maximum atomic E-state index is 5.67. The Balaban J connectivity index is 1.97. The molecular weight excluding hydrogens is 206 g/mol. The lowest BCUT2D eigenvalue weighted by Gasteiger charge is -2.09. The van der Waals surface area contributed by atoms with Gasteiger partial charge in [0.1, 0.15) is 0 Å². The van der Waals surface area contributed by atoms with E-state index in [4.69, 9.17) is 11.6 Å². The molecule has 0 spiro atoms. The van der Waals surface area contributed by atoms with Gasteiger partial charge in [-0.3, -0.25) is 0 Å². The van der Waals surface area contributed by atoms with Gasteiger partial charge in [-0.05, 0) is 12.2 Å². The topological polar surface area (TPSA) is 37.8 Å². The monoisotopic (exact) mass is 215 g/mol. The standard InChI is InChI=1S/C8H10ClN3S/c9-6-3-10-8(11-4-6)12-7-1-2-13-5-7/h3-4,7H,1-2,5H2,(H,10,11,12). The summed E-state index contributed by atoms with van der Waals surface area (Å²) in [7, 11) is 0. The lowest BCUT2D eigenvalue weighted by atomic mass is 10.3. The van der Waals surface area contributed by atoms with E-state index >= 15 is 0 Å². The fourth-order valence-corrected chi connectivity index (χ4v) is 2.47. The molecule has 3 nitrogen and oxygen atoms in total. The minimum Gasteiger partial charge on any atom is -0.351 e. The lowest BCUT2D eigenvalue weighted by Crippen LogP contribution is -2.19. The Morgan fingerprint density at radius 2 is 2.23 bits per heavy atom. The number of hydrogen-bond acceptors (Lipinski definition) is 4. The third kappa shape index (κ3) is 2.48. The number of hydrogen-bond donors (Lipinski definition) is 1. The highest BCUT2D eigenvalue weighted by atomic mass is 35.5. The predicted molar refractivity (Wildman–Crippen MR) is 56.4 cm³/mol. The van der Waals surface area contributed by atoms with E-state index < -0.39 is 0 Å². The summed E-state index contributed by atoms with van der Waals surface area (Å²) in [5.41, 5.74) is 0. The van der Waals surface area contributed by atoms with Gasteiger partial charge < -0.3 is 5.32 Å². The summed E-state index contributed by atoms with van der Waals surface area (Å²) in [5, 5.41) is 3.84. The Kier molecular flexibility index (Phi) is 2.90. The predicted octanol–water partition coefficient (Wildman–Crippen LogP) is 2.05. The Labute approximate surface area is 86.3 Å². The molecule has 0 amide bonds. The molecule has 0 saturated carbocycles. The maximum Gasteiger partial charge on any atom is 0.222 e. The number of aromatic nitrogens is 2. The van der Waals surface area contributed by atoms with E-state index in [1.165, 1.54) is 12.2 Å². The summed E-state index contributed by atoms with van der Waals surface area (Å²) in [6.45, 7) is 0. The normalized spacial score (nSPS) is 21.8. The van der Waals surface area contributed by atoms with Crippen molar-refractivity contribution >= 4 is 29.3 Å². The highest BCUT2D eigenvalue weighted by molar-refractivity contribution is 7.99. The van der Waals surface area contributed by atoms with E-state index in [1.807, 2.05) is 11.8 Å². The van der Waals surface area contributed by atoms with Crippen LogP contribution >= 0.6 is 23.4 Å². The number of rotatable bonds is 2.